The fraction of sp³-hybridized carbons (Fsp3) is 0.429. The topological polar surface area (TPSA) is 57.6 Å². The largest absolute Gasteiger partial charge is 0.478 e. The van der Waals surface area contributed by atoms with Gasteiger partial charge in [0.2, 0.25) is 5.91 Å². The molecule has 1 aromatic rings. The van der Waals surface area contributed by atoms with E-state index in [0.717, 1.165) is 38.4 Å². The van der Waals surface area contributed by atoms with Gasteiger partial charge in [-0.1, -0.05) is 0 Å². The summed E-state index contributed by atoms with van der Waals surface area (Å²) >= 11 is 1.24. The highest BCUT2D eigenvalue weighted by atomic mass is 32.2. The zero-order valence-electron chi connectivity index (χ0n) is 11.0. The SMILES string of the molecule is O=C(O)c1cc(SCC(=O)N2CCCCC2)ccc1F. The minimum atomic E-state index is -1.30. The Morgan fingerprint density at radius 1 is 1.25 bits per heavy atom. The zero-order valence-corrected chi connectivity index (χ0v) is 11.8. The van der Waals surface area contributed by atoms with Gasteiger partial charge >= 0.3 is 5.97 Å². The number of hydrogen-bond acceptors (Lipinski definition) is 3. The van der Waals surface area contributed by atoms with Crippen LogP contribution in [0, 0.1) is 5.82 Å². The summed E-state index contributed by atoms with van der Waals surface area (Å²) in [7, 11) is 0. The molecule has 1 heterocycles. The molecule has 1 fully saturated rings. The van der Waals surface area contributed by atoms with Gasteiger partial charge in [-0.3, -0.25) is 4.79 Å². The van der Waals surface area contributed by atoms with Crippen molar-refractivity contribution in [2.24, 2.45) is 0 Å². The lowest BCUT2D eigenvalue weighted by Crippen LogP contribution is -2.36. The summed E-state index contributed by atoms with van der Waals surface area (Å²) < 4.78 is 13.2. The van der Waals surface area contributed by atoms with E-state index >= 15 is 0 Å². The predicted molar refractivity (Wildman–Crippen MR) is 74.5 cm³/mol. The second kappa shape index (κ2) is 6.74. The number of amides is 1. The smallest absolute Gasteiger partial charge is 0.338 e. The molecule has 0 aromatic heterocycles. The van der Waals surface area contributed by atoms with Gasteiger partial charge in [0.15, 0.2) is 0 Å². The number of benzene rings is 1. The summed E-state index contributed by atoms with van der Waals surface area (Å²) in [4.78, 5) is 25.2. The molecule has 0 radical (unpaired) electrons. The van der Waals surface area contributed by atoms with E-state index in [1.54, 1.807) is 0 Å². The molecule has 0 saturated carbocycles. The third-order valence-electron chi connectivity index (χ3n) is 3.24. The van der Waals surface area contributed by atoms with E-state index in [1.165, 1.54) is 23.9 Å². The van der Waals surface area contributed by atoms with Crippen molar-refractivity contribution in [2.75, 3.05) is 18.8 Å². The van der Waals surface area contributed by atoms with Crippen LogP contribution >= 0.6 is 11.8 Å². The number of piperidine rings is 1. The van der Waals surface area contributed by atoms with Crippen LogP contribution in [0.25, 0.3) is 0 Å². The Bertz CT molecular complexity index is 515. The summed E-state index contributed by atoms with van der Waals surface area (Å²) in [6.45, 7) is 1.59. The molecule has 6 heteroatoms. The first-order valence-corrected chi connectivity index (χ1v) is 7.50. The molecular formula is C14H16FNO3S. The first-order valence-electron chi connectivity index (χ1n) is 6.51. The number of rotatable bonds is 4. The number of carboxylic acids is 1. The quantitative estimate of drug-likeness (QED) is 0.868. The Balaban J connectivity index is 1.95. The van der Waals surface area contributed by atoms with Crippen molar-refractivity contribution in [1.29, 1.82) is 0 Å². The minimum Gasteiger partial charge on any atom is -0.478 e. The highest BCUT2D eigenvalue weighted by Crippen LogP contribution is 2.22. The number of thioether (sulfide) groups is 1. The maximum absolute atomic E-state index is 13.2. The molecule has 0 spiro atoms. The summed E-state index contributed by atoms with van der Waals surface area (Å²) in [5.41, 5.74) is -0.361. The highest BCUT2D eigenvalue weighted by Gasteiger charge is 2.17. The van der Waals surface area contributed by atoms with Gasteiger partial charge in [0.05, 0.1) is 11.3 Å². The number of carbonyl (C=O) groups excluding carboxylic acids is 1. The average molecular weight is 297 g/mol. The Kier molecular flexibility index (Phi) is 5.00. The molecule has 0 atom stereocenters. The van der Waals surface area contributed by atoms with Crippen molar-refractivity contribution in [3.63, 3.8) is 0 Å². The molecule has 108 valence electrons. The molecule has 20 heavy (non-hydrogen) atoms. The number of hydrogen-bond donors (Lipinski definition) is 1. The fourth-order valence-corrected chi connectivity index (χ4v) is 2.98. The van der Waals surface area contributed by atoms with Crippen LogP contribution in [0.3, 0.4) is 0 Å². The third kappa shape index (κ3) is 3.72. The summed E-state index contributed by atoms with van der Waals surface area (Å²) in [5.74, 6) is -1.75. The first-order chi connectivity index (χ1) is 9.58. The van der Waals surface area contributed by atoms with Crippen LogP contribution in [-0.4, -0.2) is 40.7 Å². The summed E-state index contributed by atoms with van der Waals surface area (Å²) in [5, 5.41) is 8.85. The lowest BCUT2D eigenvalue weighted by atomic mass is 10.1. The molecule has 2 rings (SSSR count). The van der Waals surface area contributed by atoms with Crippen molar-refractivity contribution in [3.8, 4) is 0 Å². The van der Waals surface area contributed by atoms with Gasteiger partial charge in [0.25, 0.3) is 0 Å². The van der Waals surface area contributed by atoms with Crippen molar-refractivity contribution in [2.45, 2.75) is 24.2 Å². The fourth-order valence-electron chi connectivity index (χ4n) is 2.14. The van der Waals surface area contributed by atoms with Crippen molar-refractivity contribution in [1.82, 2.24) is 4.90 Å². The highest BCUT2D eigenvalue weighted by molar-refractivity contribution is 8.00. The molecule has 0 bridgehead atoms. The van der Waals surface area contributed by atoms with E-state index in [0.29, 0.717) is 4.90 Å². The van der Waals surface area contributed by atoms with Crippen molar-refractivity contribution < 1.29 is 19.1 Å². The number of halogens is 1. The van der Waals surface area contributed by atoms with E-state index in [-0.39, 0.29) is 17.2 Å². The summed E-state index contributed by atoms with van der Waals surface area (Å²) in [6.07, 6.45) is 3.24. The predicted octanol–water partition coefficient (Wildman–Crippen LogP) is 2.63. The molecule has 1 aliphatic heterocycles. The van der Waals surface area contributed by atoms with E-state index in [4.69, 9.17) is 5.11 Å². The van der Waals surface area contributed by atoms with E-state index in [9.17, 15) is 14.0 Å². The van der Waals surface area contributed by atoms with E-state index < -0.39 is 11.8 Å². The van der Waals surface area contributed by atoms with E-state index in [1.807, 2.05) is 4.90 Å². The summed E-state index contributed by atoms with van der Waals surface area (Å²) in [6, 6.07) is 3.89. The van der Waals surface area contributed by atoms with Gasteiger partial charge in [0.1, 0.15) is 5.82 Å². The van der Waals surface area contributed by atoms with Gasteiger partial charge in [-0.05, 0) is 37.5 Å². The van der Waals surface area contributed by atoms with Crippen LogP contribution in [0.4, 0.5) is 4.39 Å². The van der Waals surface area contributed by atoms with Crippen LogP contribution < -0.4 is 0 Å². The number of nitrogens with zero attached hydrogens (tertiary/aromatic N) is 1. The Hall–Kier alpha value is -1.56. The number of carboxylic acid groups (broad SMARTS) is 1. The van der Waals surface area contributed by atoms with Gasteiger partial charge in [-0.15, -0.1) is 11.8 Å². The molecule has 1 aromatic carbocycles. The molecule has 0 unspecified atom stereocenters. The number of carbonyl (C=O) groups is 2. The maximum Gasteiger partial charge on any atom is 0.338 e. The normalized spacial score (nSPS) is 15.2. The molecule has 1 N–H and O–H groups in total. The lowest BCUT2D eigenvalue weighted by molar-refractivity contribution is -0.129. The first kappa shape index (κ1) is 14.8. The molecule has 0 aliphatic carbocycles. The van der Waals surface area contributed by atoms with E-state index in [2.05, 4.69) is 0 Å². The molecule has 1 saturated heterocycles. The standard InChI is InChI=1S/C14H16FNO3S/c15-12-5-4-10(8-11(12)14(18)19)20-9-13(17)16-6-2-1-3-7-16/h4-5,8H,1-3,6-7,9H2,(H,18,19). The average Bonchev–Trinajstić information content (AvgIpc) is 2.46. The Morgan fingerprint density at radius 2 is 1.95 bits per heavy atom. The van der Waals surface area contributed by atoms with Crippen LogP contribution in [0.15, 0.2) is 23.1 Å². The van der Waals surface area contributed by atoms with Crippen molar-refractivity contribution >= 4 is 23.6 Å². The molecular weight excluding hydrogens is 281 g/mol. The molecule has 1 amide bonds. The second-order valence-electron chi connectivity index (χ2n) is 4.68. The minimum absolute atomic E-state index is 0.0518. The number of likely N-dealkylation sites (tertiary alicyclic amines) is 1. The maximum atomic E-state index is 13.2. The second-order valence-corrected chi connectivity index (χ2v) is 5.73. The monoisotopic (exact) mass is 297 g/mol. The third-order valence-corrected chi connectivity index (χ3v) is 4.22. The van der Waals surface area contributed by atoms with Gasteiger partial charge in [-0.2, -0.15) is 0 Å². The van der Waals surface area contributed by atoms with Gasteiger partial charge < -0.3 is 10.0 Å². The molecule has 1 aliphatic rings. The molecule has 4 nitrogen and oxygen atoms in total. The van der Waals surface area contributed by atoms with Crippen molar-refractivity contribution in [3.05, 3.63) is 29.6 Å². The van der Waals surface area contributed by atoms with Crippen LogP contribution in [0.5, 0.6) is 0 Å². The lowest BCUT2D eigenvalue weighted by Gasteiger charge is -2.26. The Morgan fingerprint density at radius 3 is 2.60 bits per heavy atom. The zero-order chi connectivity index (χ0) is 14.5. The Labute approximate surface area is 121 Å². The van der Waals surface area contributed by atoms with Crippen LogP contribution in [0.1, 0.15) is 29.6 Å². The van der Waals surface area contributed by atoms with Gasteiger partial charge in [0, 0.05) is 18.0 Å². The van der Waals surface area contributed by atoms with Crippen LogP contribution in [-0.2, 0) is 4.79 Å². The van der Waals surface area contributed by atoms with Gasteiger partial charge in [-0.25, -0.2) is 9.18 Å². The number of aromatic carboxylic acids is 1. The van der Waals surface area contributed by atoms with Crippen LogP contribution in [0.2, 0.25) is 0 Å².